The summed E-state index contributed by atoms with van der Waals surface area (Å²) in [6.45, 7) is 33.6. The van der Waals surface area contributed by atoms with Crippen LogP contribution in [0.15, 0.2) is 0 Å². The Morgan fingerprint density at radius 2 is 0.732 bits per heavy atom. The summed E-state index contributed by atoms with van der Waals surface area (Å²) in [5, 5.41) is 3.56. The van der Waals surface area contributed by atoms with Gasteiger partial charge in [0.1, 0.15) is 0 Å². The third kappa shape index (κ3) is 19.1. The van der Waals surface area contributed by atoms with Crippen LogP contribution in [-0.2, 0) is 38.6 Å². The van der Waals surface area contributed by atoms with Gasteiger partial charge in [-0.3, -0.25) is 0 Å². The molecule has 0 bridgehead atoms. The van der Waals surface area contributed by atoms with Crippen LogP contribution in [-0.4, -0.2) is 97.7 Å². The maximum absolute atomic E-state index is 6.79. The Morgan fingerprint density at radius 1 is 0.415 bits per heavy atom. The van der Waals surface area contributed by atoms with E-state index in [-0.39, 0.29) is 0 Å². The van der Waals surface area contributed by atoms with Crippen LogP contribution >= 0.6 is 0 Å². The molecular formula is C25H65NO9Si6. The molecule has 0 atom stereocenters. The van der Waals surface area contributed by atoms with Crippen molar-refractivity contribution in [1.82, 2.24) is 5.32 Å². The minimum Gasteiger partial charge on any atom is -0.437 e. The minimum atomic E-state index is -2.96. The van der Waals surface area contributed by atoms with Crippen molar-refractivity contribution in [3.63, 3.8) is 0 Å². The first-order valence-electron chi connectivity index (χ1n) is 15.5. The first-order chi connectivity index (χ1) is 18.8. The minimum absolute atomic E-state index is 0.532. The van der Waals surface area contributed by atoms with Gasteiger partial charge in [0.05, 0.1) is 0 Å². The number of rotatable bonds is 26. The van der Waals surface area contributed by atoms with Gasteiger partial charge in [0.15, 0.2) is 8.32 Å². The summed E-state index contributed by atoms with van der Waals surface area (Å²) in [6, 6.07) is 1.52. The van der Waals surface area contributed by atoms with Gasteiger partial charge in [-0.25, -0.2) is 0 Å². The molecule has 0 aliphatic heterocycles. The van der Waals surface area contributed by atoms with Crippen molar-refractivity contribution in [2.45, 2.75) is 118 Å². The maximum Gasteiger partial charge on any atom is 0.500 e. The summed E-state index contributed by atoms with van der Waals surface area (Å²) < 4.78 is 57.0. The van der Waals surface area contributed by atoms with Crippen molar-refractivity contribution in [3.05, 3.63) is 0 Å². The first-order valence-corrected chi connectivity index (χ1v) is 31.3. The topological polar surface area (TPSA) is 95.1 Å². The van der Waals surface area contributed by atoms with E-state index in [1.54, 1.807) is 0 Å². The van der Waals surface area contributed by atoms with Crippen molar-refractivity contribution in [3.8, 4) is 0 Å². The van der Waals surface area contributed by atoms with E-state index in [4.69, 9.17) is 38.6 Å². The Balaban J connectivity index is 5.16. The maximum atomic E-state index is 6.79. The standard InChI is InChI=1S/C25H65NO9Si6/c1-15-27-40(28-16-2,29-17-3)24-20-22-26-23-21-25-41(30-18-4,31-19-5)35-39(13,14)34-38(11,12)33-37(9,10)32-36(6,7)8/h26H,15-25H2,1-14H3. The average Bonchev–Trinajstić information content (AvgIpc) is 2.75. The fourth-order valence-corrected chi connectivity index (χ4v) is 30.4. The van der Waals surface area contributed by atoms with Gasteiger partial charge in [-0.05, 0) is 119 Å². The highest BCUT2D eigenvalue weighted by Crippen LogP contribution is 2.28. The second kappa shape index (κ2) is 19.4. The Labute approximate surface area is 259 Å². The SMILES string of the molecule is CCO[Si](CCCNCCC[Si](OCC)(OCC)O[Si](C)(C)O[Si](C)(C)O[Si](C)(C)O[Si](C)(C)C)(OCC)OCC. The normalized spacial score (nSPS) is 14.2. The molecule has 1 N–H and O–H groups in total. The zero-order chi connectivity index (χ0) is 31.8. The van der Waals surface area contributed by atoms with Crippen LogP contribution in [0.25, 0.3) is 0 Å². The highest BCUT2D eigenvalue weighted by Gasteiger charge is 2.50. The summed E-state index contributed by atoms with van der Waals surface area (Å²) >= 11 is 0. The molecule has 0 aromatic carbocycles. The molecular weight excluding hydrogens is 627 g/mol. The molecule has 0 heterocycles. The summed E-state index contributed by atoms with van der Waals surface area (Å²) in [5.41, 5.74) is 0. The van der Waals surface area contributed by atoms with Gasteiger partial charge in [0, 0.05) is 45.1 Å². The van der Waals surface area contributed by atoms with Crippen LogP contribution < -0.4 is 5.32 Å². The van der Waals surface area contributed by atoms with Gasteiger partial charge in [-0.1, -0.05) is 0 Å². The van der Waals surface area contributed by atoms with Crippen molar-refractivity contribution >= 4 is 51.6 Å². The Bertz CT molecular complexity index is 676. The third-order valence-corrected chi connectivity index (χ3v) is 26.5. The van der Waals surface area contributed by atoms with Crippen LogP contribution in [0, 0.1) is 0 Å². The highest BCUT2D eigenvalue weighted by molar-refractivity contribution is 6.89. The number of nitrogens with one attached hydrogen (secondary N) is 1. The van der Waals surface area contributed by atoms with E-state index < -0.39 is 51.6 Å². The molecule has 0 saturated carbocycles. The summed E-state index contributed by atoms with van der Waals surface area (Å²) in [7, 11) is -14.8. The smallest absolute Gasteiger partial charge is 0.437 e. The predicted octanol–water partition coefficient (Wildman–Crippen LogP) is 6.42. The van der Waals surface area contributed by atoms with Crippen LogP contribution in [0.1, 0.15) is 47.5 Å². The van der Waals surface area contributed by atoms with Gasteiger partial charge in [-0.2, -0.15) is 0 Å². The monoisotopic (exact) mass is 691 g/mol. The molecule has 248 valence electrons. The Morgan fingerprint density at radius 3 is 1.10 bits per heavy atom. The van der Waals surface area contributed by atoms with Crippen molar-refractivity contribution in [1.29, 1.82) is 0 Å². The van der Waals surface area contributed by atoms with Crippen molar-refractivity contribution < 1.29 is 38.6 Å². The van der Waals surface area contributed by atoms with E-state index in [1.807, 2.05) is 34.6 Å². The van der Waals surface area contributed by atoms with E-state index in [2.05, 4.69) is 64.2 Å². The second-order valence-corrected chi connectivity index (χ2v) is 33.3. The molecule has 10 nitrogen and oxygen atoms in total. The lowest BCUT2D eigenvalue weighted by Gasteiger charge is -2.42. The largest absolute Gasteiger partial charge is 0.500 e. The van der Waals surface area contributed by atoms with Gasteiger partial charge >= 0.3 is 43.3 Å². The van der Waals surface area contributed by atoms with Gasteiger partial charge in [0.25, 0.3) is 0 Å². The van der Waals surface area contributed by atoms with E-state index in [1.165, 1.54) is 0 Å². The lowest BCUT2D eigenvalue weighted by atomic mass is 10.4. The van der Waals surface area contributed by atoms with Crippen molar-refractivity contribution in [2.75, 3.05) is 46.1 Å². The van der Waals surface area contributed by atoms with Crippen molar-refractivity contribution in [2.24, 2.45) is 0 Å². The zero-order valence-corrected chi connectivity index (χ0v) is 35.0. The quantitative estimate of drug-likeness (QED) is 0.0809. The molecule has 0 amide bonds. The first kappa shape index (κ1) is 41.9. The molecule has 0 saturated heterocycles. The Kier molecular flexibility index (Phi) is 19.9. The molecule has 0 fully saturated rings. The van der Waals surface area contributed by atoms with Crippen LogP contribution in [0.3, 0.4) is 0 Å². The van der Waals surface area contributed by atoms with Crippen LogP contribution in [0.5, 0.6) is 0 Å². The Hall–Kier alpha value is 0.901. The van der Waals surface area contributed by atoms with E-state index >= 15 is 0 Å². The molecule has 41 heavy (non-hydrogen) atoms. The molecule has 0 unspecified atom stereocenters. The number of hydrogen-bond acceptors (Lipinski definition) is 10. The molecule has 0 rings (SSSR count). The van der Waals surface area contributed by atoms with Gasteiger partial charge in [-0.15, -0.1) is 0 Å². The second-order valence-electron chi connectivity index (χ2n) is 12.2. The van der Waals surface area contributed by atoms with E-state index in [9.17, 15) is 0 Å². The zero-order valence-electron chi connectivity index (χ0n) is 29.0. The van der Waals surface area contributed by atoms with Crippen LogP contribution in [0.4, 0.5) is 0 Å². The third-order valence-electron chi connectivity index (χ3n) is 5.43. The van der Waals surface area contributed by atoms with E-state index in [0.717, 1.165) is 38.0 Å². The molecule has 0 radical (unpaired) electrons. The highest BCUT2D eigenvalue weighted by atomic mass is 28.5. The molecule has 0 aliphatic rings. The fourth-order valence-electron chi connectivity index (χ4n) is 5.08. The molecule has 16 heteroatoms. The molecule has 0 aromatic heterocycles. The lowest BCUT2D eigenvalue weighted by molar-refractivity contribution is 0.0708. The number of hydrogen-bond donors (Lipinski definition) is 1. The van der Waals surface area contributed by atoms with Gasteiger partial charge in [0.2, 0.25) is 0 Å². The predicted molar refractivity (Wildman–Crippen MR) is 181 cm³/mol. The van der Waals surface area contributed by atoms with Gasteiger partial charge < -0.3 is 43.9 Å². The van der Waals surface area contributed by atoms with Crippen LogP contribution in [0.2, 0.25) is 71.0 Å². The summed E-state index contributed by atoms with van der Waals surface area (Å²) in [6.07, 6.45) is 1.81. The molecule has 0 aliphatic carbocycles. The molecule has 0 spiro atoms. The average molecular weight is 692 g/mol. The lowest BCUT2D eigenvalue weighted by Crippen LogP contribution is -2.60. The van der Waals surface area contributed by atoms with E-state index in [0.29, 0.717) is 33.0 Å². The summed E-state index contributed by atoms with van der Waals surface area (Å²) in [5.74, 6) is 0. The summed E-state index contributed by atoms with van der Waals surface area (Å²) in [4.78, 5) is 0. The molecule has 0 aromatic rings. The fraction of sp³-hybridized carbons (Fsp3) is 1.00.